The number of fused-ring (bicyclic) bond motifs is 1. The van der Waals surface area contributed by atoms with Crippen molar-refractivity contribution in [1.82, 2.24) is 29.8 Å². The lowest BCUT2D eigenvalue weighted by atomic mass is 10.0. The van der Waals surface area contributed by atoms with Crippen LogP contribution in [0.25, 0.3) is 11.3 Å². The van der Waals surface area contributed by atoms with Gasteiger partial charge in [0.1, 0.15) is 6.33 Å². The van der Waals surface area contributed by atoms with Gasteiger partial charge in [-0.05, 0) is 5.16 Å². The molecule has 0 unspecified atom stereocenters. The number of aryl methyl sites for hydroxylation is 1. The third-order valence-electron chi connectivity index (χ3n) is 4.18. The van der Waals surface area contributed by atoms with Gasteiger partial charge in [-0.15, -0.1) is 0 Å². The van der Waals surface area contributed by atoms with E-state index in [9.17, 15) is 4.79 Å². The van der Waals surface area contributed by atoms with Gasteiger partial charge in [0.05, 0.1) is 37.3 Å². The first-order valence-corrected chi connectivity index (χ1v) is 7.77. The van der Waals surface area contributed by atoms with Crippen LogP contribution in [0.3, 0.4) is 0 Å². The fourth-order valence-electron chi connectivity index (χ4n) is 2.92. The van der Waals surface area contributed by atoms with E-state index in [0.717, 1.165) is 22.5 Å². The van der Waals surface area contributed by atoms with E-state index in [0.29, 0.717) is 19.5 Å². The number of nitrogens with zero attached hydrogens (tertiary/aromatic N) is 6. The maximum absolute atomic E-state index is 12.7. The summed E-state index contributed by atoms with van der Waals surface area (Å²) in [5.74, 6) is 0.197. The number of carbonyl (C=O) groups excluding carboxylic acids is 1. The summed E-state index contributed by atoms with van der Waals surface area (Å²) in [7, 11) is 3.32. The average molecular weight is 340 g/mol. The molecule has 0 aliphatic carbocycles. The molecule has 25 heavy (non-hydrogen) atoms. The van der Waals surface area contributed by atoms with Gasteiger partial charge in [0.2, 0.25) is 5.76 Å². The van der Waals surface area contributed by atoms with Crippen molar-refractivity contribution in [2.45, 2.75) is 13.0 Å². The Bertz CT molecular complexity index is 932. The molecular formula is C16H16N6O3. The Morgan fingerprint density at radius 1 is 1.36 bits per heavy atom. The fourth-order valence-corrected chi connectivity index (χ4v) is 2.92. The first-order valence-electron chi connectivity index (χ1n) is 7.77. The summed E-state index contributed by atoms with van der Waals surface area (Å²) >= 11 is 0. The van der Waals surface area contributed by atoms with Gasteiger partial charge in [-0.1, -0.05) is 0 Å². The molecule has 0 fully saturated rings. The highest BCUT2D eigenvalue weighted by molar-refractivity contribution is 5.92. The van der Waals surface area contributed by atoms with Gasteiger partial charge in [0.25, 0.3) is 11.8 Å². The monoisotopic (exact) mass is 340 g/mol. The molecule has 0 N–H and O–H groups in total. The lowest BCUT2D eigenvalue weighted by Gasteiger charge is -2.28. The lowest BCUT2D eigenvalue weighted by Crippen LogP contribution is -2.36. The molecule has 1 aliphatic heterocycles. The summed E-state index contributed by atoms with van der Waals surface area (Å²) in [6, 6.07) is 1.49. The Labute approximate surface area is 143 Å². The summed E-state index contributed by atoms with van der Waals surface area (Å²) in [5.41, 5.74) is 3.58. The first-order chi connectivity index (χ1) is 12.2. The zero-order valence-electron chi connectivity index (χ0n) is 13.8. The largest absolute Gasteiger partial charge is 0.479 e. The zero-order chi connectivity index (χ0) is 17.4. The van der Waals surface area contributed by atoms with Crippen molar-refractivity contribution in [3.63, 3.8) is 0 Å². The second kappa shape index (κ2) is 6.00. The summed E-state index contributed by atoms with van der Waals surface area (Å²) in [6.07, 6.45) is 5.86. The van der Waals surface area contributed by atoms with Crippen molar-refractivity contribution in [3.05, 3.63) is 41.8 Å². The molecule has 4 rings (SSSR count). The van der Waals surface area contributed by atoms with Crippen LogP contribution in [0.15, 0.2) is 29.3 Å². The van der Waals surface area contributed by atoms with E-state index in [1.54, 1.807) is 22.1 Å². The van der Waals surface area contributed by atoms with Crippen molar-refractivity contribution in [2.75, 3.05) is 13.7 Å². The Morgan fingerprint density at radius 2 is 2.24 bits per heavy atom. The minimum Gasteiger partial charge on any atom is -0.479 e. The highest BCUT2D eigenvalue weighted by Gasteiger charge is 2.28. The molecule has 0 saturated heterocycles. The molecule has 1 amide bonds. The van der Waals surface area contributed by atoms with Gasteiger partial charge in [0, 0.05) is 37.3 Å². The number of hydrogen-bond donors (Lipinski definition) is 0. The molecule has 1 aliphatic rings. The number of ether oxygens (including phenoxy) is 1. The van der Waals surface area contributed by atoms with E-state index >= 15 is 0 Å². The Balaban J connectivity index is 1.65. The van der Waals surface area contributed by atoms with Crippen LogP contribution in [0.4, 0.5) is 0 Å². The van der Waals surface area contributed by atoms with Crippen LogP contribution in [-0.4, -0.2) is 49.4 Å². The smallest absolute Gasteiger partial charge is 0.292 e. The number of amides is 1. The van der Waals surface area contributed by atoms with Gasteiger partial charge in [-0.2, -0.15) is 5.10 Å². The van der Waals surface area contributed by atoms with Crippen LogP contribution in [0.1, 0.15) is 21.8 Å². The Kier molecular flexibility index (Phi) is 3.68. The van der Waals surface area contributed by atoms with Gasteiger partial charge in [-0.25, -0.2) is 9.97 Å². The van der Waals surface area contributed by atoms with Crippen molar-refractivity contribution in [2.24, 2.45) is 7.05 Å². The molecule has 128 valence electrons. The summed E-state index contributed by atoms with van der Waals surface area (Å²) in [4.78, 5) is 23.1. The zero-order valence-corrected chi connectivity index (χ0v) is 13.8. The van der Waals surface area contributed by atoms with Crippen molar-refractivity contribution in [1.29, 1.82) is 0 Å². The van der Waals surface area contributed by atoms with Crippen LogP contribution in [0.5, 0.6) is 5.88 Å². The van der Waals surface area contributed by atoms with Gasteiger partial charge >= 0.3 is 0 Å². The molecule has 0 aromatic carbocycles. The van der Waals surface area contributed by atoms with E-state index < -0.39 is 0 Å². The van der Waals surface area contributed by atoms with Crippen molar-refractivity contribution in [3.8, 4) is 17.1 Å². The predicted octanol–water partition coefficient (Wildman–Crippen LogP) is 1.07. The van der Waals surface area contributed by atoms with Crippen molar-refractivity contribution >= 4 is 5.91 Å². The molecule has 9 heteroatoms. The molecule has 0 bridgehead atoms. The average Bonchev–Trinajstić information content (AvgIpc) is 3.29. The van der Waals surface area contributed by atoms with E-state index in [1.165, 1.54) is 13.2 Å². The Hall–Kier alpha value is -3.23. The second-order valence-corrected chi connectivity index (χ2v) is 5.76. The number of carbonyl (C=O) groups is 1. The minimum absolute atomic E-state index is 0.153. The molecule has 0 spiro atoms. The number of methoxy groups -OCH3 is 1. The highest BCUT2D eigenvalue weighted by Crippen LogP contribution is 2.28. The van der Waals surface area contributed by atoms with E-state index in [1.807, 2.05) is 13.2 Å². The summed E-state index contributed by atoms with van der Waals surface area (Å²) < 4.78 is 11.7. The number of aromatic nitrogens is 5. The molecule has 4 heterocycles. The predicted molar refractivity (Wildman–Crippen MR) is 85.7 cm³/mol. The molecule has 0 radical (unpaired) electrons. The third kappa shape index (κ3) is 2.73. The number of rotatable bonds is 3. The standard InChI is InChI=1S/C16H16N6O3/c1-21-7-10(6-19-21)15-11-8-22(4-3-12(11)17-9-18-15)16(23)13-5-14(24-2)20-25-13/h5-7,9H,3-4,8H2,1-2H3. The number of hydrogen-bond acceptors (Lipinski definition) is 7. The Morgan fingerprint density at radius 3 is 2.96 bits per heavy atom. The van der Waals surface area contributed by atoms with Crippen LogP contribution in [0.2, 0.25) is 0 Å². The summed E-state index contributed by atoms with van der Waals surface area (Å²) in [6.45, 7) is 0.959. The molecule has 9 nitrogen and oxygen atoms in total. The molecule has 0 atom stereocenters. The maximum Gasteiger partial charge on any atom is 0.292 e. The molecule has 0 saturated carbocycles. The SMILES string of the molecule is COc1cc(C(=O)N2CCc3ncnc(-c4cnn(C)c4)c3C2)on1. The molecule has 3 aromatic heterocycles. The van der Waals surface area contributed by atoms with Crippen LogP contribution in [-0.2, 0) is 20.0 Å². The highest BCUT2D eigenvalue weighted by atomic mass is 16.5. The van der Waals surface area contributed by atoms with E-state index in [-0.39, 0.29) is 17.5 Å². The topological polar surface area (TPSA) is 99.2 Å². The van der Waals surface area contributed by atoms with E-state index in [2.05, 4.69) is 20.2 Å². The van der Waals surface area contributed by atoms with Crippen LogP contribution < -0.4 is 4.74 Å². The second-order valence-electron chi connectivity index (χ2n) is 5.76. The minimum atomic E-state index is -0.234. The normalized spacial score (nSPS) is 13.6. The molecular weight excluding hydrogens is 324 g/mol. The first kappa shape index (κ1) is 15.3. The quantitative estimate of drug-likeness (QED) is 0.703. The maximum atomic E-state index is 12.7. The van der Waals surface area contributed by atoms with Crippen LogP contribution >= 0.6 is 0 Å². The third-order valence-corrected chi connectivity index (χ3v) is 4.18. The van der Waals surface area contributed by atoms with E-state index in [4.69, 9.17) is 9.26 Å². The van der Waals surface area contributed by atoms with Crippen molar-refractivity contribution < 1.29 is 14.1 Å². The van der Waals surface area contributed by atoms with Gasteiger partial charge in [-0.3, -0.25) is 9.48 Å². The fraction of sp³-hybridized carbons (Fsp3) is 0.312. The van der Waals surface area contributed by atoms with Gasteiger partial charge < -0.3 is 14.2 Å². The van der Waals surface area contributed by atoms with Crippen LogP contribution in [0, 0.1) is 0 Å². The summed E-state index contributed by atoms with van der Waals surface area (Å²) in [5, 5.41) is 7.88. The lowest BCUT2D eigenvalue weighted by molar-refractivity contribution is 0.0691. The van der Waals surface area contributed by atoms with Gasteiger partial charge in [0.15, 0.2) is 0 Å². The molecule has 3 aromatic rings.